The number of carbonyl (C=O) groups excluding carboxylic acids is 1. The number of rotatable bonds is 14. The van der Waals surface area contributed by atoms with Gasteiger partial charge in [-0.15, -0.1) is 0 Å². The summed E-state index contributed by atoms with van der Waals surface area (Å²) in [6.45, 7) is 0.356. The van der Waals surface area contributed by atoms with Crippen LogP contribution in [0.5, 0.6) is 0 Å². The molecular formula is C41H38N4O3S. The van der Waals surface area contributed by atoms with Crippen LogP contribution in [0.2, 0.25) is 0 Å². The van der Waals surface area contributed by atoms with Crippen LogP contribution in [-0.2, 0) is 16.9 Å². The monoisotopic (exact) mass is 666 g/mol. The standard InChI is InChI=1S/C41H38N4O3S/c1-49-36(27-34(42)40(47)48)39(46)33-23-14-24-35(38(33)29-15-6-2-7-16-29)44-28-37-43-25-26-45(37)41(30-17-8-3-9-18-30,31-19-10-4-11-20-31)32-21-12-5-13-22-32/h2-26,34,36,44H,27-28,42H2,1H3,(H,47,48)/t34-,36?/m0/s1. The van der Waals surface area contributed by atoms with E-state index in [0.29, 0.717) is 12.1 Å². The van der Waals surface area contributed by atoms with E-state index in [2.05, 4.69) is 82.7 Å². The molecule has 8 heteroatoms. The van der Waals surface area contributed by atoms with Crippen LogP contribution in [0.1, 0.15) is 39.3 Å². The number of hydrogen-bond acceptors (Lipinski definition) is 6. The van der Waals surface area contributed by atoms with E-state index in [1.54, 1.807) is 12.3 Å². The summed E-state index contributed by atoms with van der Waals surface area (Å²) in [7, 11) is 0. The predicted molar refractivity (Wildman–Crippen MR) is 198 cm³/mol. The highest BCUT2D eigenvalue weighted by Crippen LogP contribution is 2.42. The van der Waals surface area contributed by atoms with Crippen LogP contribution in [0.3, 0.4) is 0 Å². The Morgan fingerprint density at radius 2 is 1.33 bits per heavy atom. The Kier molecular flexibility index (Phi) is 10.4. The molecule has 1 heterocycles. The summed E-state index contributed by atoms with van der Waals surface area (Å²) in [6, 6.07) is 45.6. The molecule has 49 heavy (non-hydrogen) atoms. The van der Waals surface area contributed by atoms with E-state index in [4.69, 9.17) is 10.7 Å². The summed E-state index contributed by atoms with van der Waals surface area (Å²) in [5.74, 6) is -0.496. The van der Waals surface area contributed by atoms with Gasteiger partial charge in [0.2, 0.25) is 0 Å². The van der Waals surface area contributed by atoms with Gasteiger partial charge in [-0.3, -0.25) is 9.59 Å². The lowest BCUT2D eigenvalue weighted by molar-refractivity contribution is -0.138. The number of hydrogen-bond donors (Lipinski definition) is 3. The molecule has 6 aromatic rings. The van der Waals surface area contributed by atoms with E-state index >= 15 is 0 Å². The van der Waals surface area contributed by atoms with Crippen LogP contribution in [-0.4, -0.2) is 44.0 Å². The Bertz CT molecular complexity index is 1900. The molecule has 0 amide bonds. The predicted octanol–water partition coefficient (Wildman–Crippen LogP) is 7.72. The first kappa shape index (κ1) is 33.5. The van der Waals surface area contributed by atoms with Crippen molar-refractivity contribution in [2.75, 3.05) is 11.6 Å². The van der Waals surface area contributed by atoms with Crippen molar-refractivity contribution in [2.24, 2.45) is 5.73 Å². The van der Waals surface area contributed by atoms with E-state index in [0.717, 1.165) is 39.3 Å². The van der Waals surface area contributed by atoms with Crippen molar-refractivity contribution in [2.45, 2.75) is 29.8 Å². The summed E-state index contributed by atoms with van der Waals surface area (Å²) in [6.07, 6.45) is 5.68. The molecule has 2 atom stereocenters. The van der Waals surface area contributed by atoms with Gasteiger partial charge < -0.3 is 20.7 Å². The fourth-order valence-electron chi connectivity index (χ4n) is 6.54. The summed E-state index contributed by atoms with van der Waals surface area (Å²) < 4.78 is 2.23. The summed E-state index contributed by atoms with van der Waals surface area (Å²) in [4.78, 5) is 30.5. The molecule has 1 unspecified atom stereocenters. The zero-order chi connectivity index (χ0) is 34.2. The first-order chi connectivity index (χ1) is 23.9. The number of nitrogens with two attached hydrogens (primary N) is 1. The number of carboxylic acids is 1. The first-order valence-corrected chi connectivity index (χ1v) is 17.4. The molecule has 4 N–H and O–H groups in total. The number of aromatic nitrogens is 2. The number of ketones is 1. The Morgan fingerprint density at radius 1 is 0.796 bits per heavy atom. The van der Waals surface area contributed by atoms with Crippen LogP contribution in [0, 0.1) is 0 Å². The van der Waals surface area contributed by atoms with Gasteiger partial charge in [-0.2, -0.15) is 11.8 Å². The lowest BCUT2D eigenvalue weighted by Gasteiger charge is -2.38. The van der Waals surface area contributed by atoms with Gasteiger partial charge >= 0.3 is 5.97 Å². The second-order valence-corrected chi connectivity index (χ2v) is 12.8. The van der Waals surface area contributed by atoms with Crippen molar-refractivity contribution < 1.29 is 14.7 Å². The highest BCUT2D eigenvalue weighted by atomic mass is 32.2. The van der Waals surface area contributed by atoms with Crippen molar-refractivity contribution >= 4 is 29.2 Å². The van der Waals surface area contributed by atoms with Gasteiger partial charge in [-0.25, -0.2) is 4.98 Å². The molecule has 0 bridgehead atoms. The first-order valence-electron chi connectivity index (χ1n) is 16.1. The largest absolute Gasteiger partial charge is 0.480 e. The van der Waals surface area contributed by atoms with Crippen LogP contribution in [0.25, 0.3) is 11.1 Å². The Labute approximate surface area is 290 Å². The van der Waals surface area contributed by atoms with Gasteiger partial charge in [0.25, 0.3) is 0 Å². The molecule has 1 aromatic heterocycles. The maximum atomic E-state index is 14.1. The Morgan fingerprint density at radius 3 is 1.84 bits per heavy atom. The highest BCUT2D eigenvalue weighted by molar-refractivity contribution is 8.00. The number of imidazole rings is 1. The van der Waals surface area contributed by atoms with E-state index in [1.807, 2.05) is 73.1 Å². The maximum absolute atomic E-state index is 14.1. The zero-order valence-corrected chi connectivity index (χ0v) is 28.0. The van der Waals surface area contributed by atoms with Crippen molar-refractivity contribution in [3.05, 3.63) is 180 Å². The van der Waals surface area contributed by atoms with Crippen molar-refractivity contribution in [1.82, 2.24) is 9.55 Å². The Balaban J connectivity index is 1.45. The molecule has 0 aliphatic rings. The highest BCUT2D eigenvalue weighted by Gasteiger charge is 2.39. The topological polar surface area (TPSA) is 110 Å². The fourth-order valence-corrected chi connectivity index (χ4v) is 7.28. The fraction of sp³-hybridized carbons (Fsp3) is 0.146. The molecule has 7 nitrogen and oxygen atoms in total. The zero-order valence-electron chi connectivity index (χ0n) is 27.1. The van der Waals surface area contributed by atoms with E-state index in [1.165, 1.54) is 11.8 Å². The molecule has 0 radical (unpaired) electrons. The van der Waals surface area contributed by atoms with Crippen molar-refractivity contribution in [3.8, 4) is 11.1 Å². The van der Waals surface area contributed by atoms with E-state index in [-0.39, 0.29) is 12.2 Å². The summed E-state index contributed by atoms with van der Waals surface area (Å²) >= 11 is 1.31. The maximum Gasteiger partial charge on any atom is 0.320 e. The number of benzene rings is 5. The summed E-state index contributed by atoms with van der Waals surface area (Å²) in [5.41, 5.74) is 11.3. The normalized spacial score (nSPS) is 12.6. The second-order valence-electron chi connectivity index (χ2n) is 11.7. The van der Waals surface area contributed by atoms with E-state index < -0.39 is 22.8 Å². The minimum Gasteiger partial charge on any atom is -0.480 e. The van der Waals surface area contributed by atoms with Crippen LogP contribution in [0.15, 0.2) is 152 Å². The third-order valence-corrected chi connectivity index (χ3v) is 9.82. The average Bonchev–Trinajstić information content (AvgIpc) is 3.63. The van der Waals surface area contributed by atoms with E-state index in [9.17, 15) is 14.7 Å². The number of nitrogens with zero attached hydrogens (tertiary/aromatic N) is 2. The van der Waals surface area contributed by atoms with Crippen molar-refractivity contribution in [3.63, 3.8) is 0 Å². The molecule has 0 aliphatic carbocycles. The van der Waals surface area contributed by atoms with Crippen LogP contribution < -0.4 is 11.1 Å². The van der Waals surface area contributed by atoms with Gasteiger partial charge in [-0.1, -0.05) is 133 Å². The minimum atomic E-state index is -1.14. The number of Topliss-reactive ketones (excluding diaryl/α,β-unsaturated/α-hetero) is 1. The number of carbonyl (C=O) groups is 2. The van der Waals surface area contributed by atoms with Gasteiger partial charge in [0, 0.05) is 29.2 Å². The number of aliphatic carboxylic acids is 1. The number of thioether (sulfide) groups is 1. The molecular weight excluding hydrogens is 629 g/mol. The molecule has 6 rings (SSSR count). The molecule has 0 aliphatic heterocycles. The molecule has 5 aromatic carbocycles. The molecule has 0 fully saturated rings. The average molecular weight is 667 g/mol. The van der Waals surface area contributed by atoms with Crippen LogP contribution >= 0.6 is 11.8 Å². The lowest BCUT2D eigenvalue weighted by atomic mass is 9.76. The lowest BCUT2D eigenvalue weighted by Crippen LogP contribution is -2.39. The third-order valence-electron chi connectivity index (χ3n) is 8.84. The molecule has 0 spiro atoms. The second kappa shape index (κ2) is 15.2. The minimum absolute atomic E-state index is 0.0270. The van der Waals surface area contributed by atoms with Gasteiger partial charge in [0.1, 0.15) is 17.4 Å². The SMILES string of the molecule is CSC(C[C@H](N)C(=O)O)C(=O)c1cccc(NCc2nccn2C(c2ccccc2)(c2ccccc2)c2ccccc2)c1-c1ccccc1. The van der Waals surface area contributed by atoms with Gasteiger partial charge in [0.05, 0.1) is 11.8 Å². The molecule has 0 saturated carbocycles. The van der Waals surface area contributed by atoms with Crippen molar-refractivity contribution in [1.29, 1.82) is 0 Å². The number of anilines is 1. The number of carboxylic acid groups (broad SMARTS) is 1. The van der Waals surface area contributed by atoms with Crippen LogP contribution in [0.4, 0.5) is 5.69 Å². The quantitative estimate of drug-likeness (QED) is 0.0807. The number of nitrogens with one attached hydrogen (secondary N) is 1. The van der Waals surface area contributed by atoms with Gasteiger partial charge in [-0.05, 0) is 41.0 Å². The Hall–Kier alpha value is -5.44. The third kappa shape index (κ3) is 6.79. The smallest absolute Gasteiger partial charge is 0.320 e. The molecule has 0 saturated heterocycles. The van der Waals surface area contributed by atoms with Gasteiger partial charge in [0.15, 0.2) is 5.78 Å². The molecule has 246 valence electrons. The summed E-state index contributed by atoms with van der Waals surface area (Å²) in [5, 5.41) is 12.5.